The van der Waals surface area contributed by atoms with Crippen molar-refractivity contribution in [2.45, 2.75) is 19.5 Å². The van der Waals surface area contributed by atoms with E-state index in [-0.39, 0.29) is 6.54 Å². The first-order chi connectivity index (χ1) is 6.45. The third-order valence-corrected chi connectivity index (χ3v) is 1.16. The molecule has 0 saturated heterocycles. The second-order valence-electron chi connectivity index (χ2n) is 2.40. The summed E-state index contributed by atoms with van der Waals surface area (Å²) in [6.07, 6.45) is -3.95. The quantitative estimate of drug-likeness (QED) is 0.532. The first-order valence-corrected chi connectivity index (χ1v) is 3.94. The van der Waals surface area contributed by atoms with Gasteiger partial charge in [-0.2, -0.15) is 13.2 Å². The molecule has 6 heteroatoms. The van der Waals surface area contributed by atoms with Crippen LogP contribution < -0.4 is 10.6 Å². The van der Waals surface area contributed by atoms with E-state index in [9.17, 15) is 18.0 Å². The highest BCUT2D eigenvalue weighted by Gasteiger charge is 2.27. The molecule has 3 nitrogen and oxygen atoms in total. The Balaban J connectivity index is 3.50. The Morgan fingerprint density at radius 2 is 2.00 bits per heavy atom. The van der Waals surface area contributed by atoms with E-state index in [1.165, 1.54) is 0 Å². The van der Waals surface area contributed by atoms with Gasteiger partial charge in [-0.3, -0.25) is 0 Å². The van der Waals surface area contributed by atoms with Crippen LogP contribution in [0.4, 0.5) is 18.0 Å². The van der Waals surface area contributed by atoms with Crippen molar-refractivity contribution in [3.05, 3.63) is 0 Å². The molecular formula is C8H11F3N2O. The van der Waals surface area contributed by atoms with Gasteiger partial charge in [-0.1, -0.05) is 0 Å². The molecule has 0 aromatic heterocycles. The van der Waals surface area contributed by atoms with E-state index < -0.39 is 18.8 Å². The van der Waals surface area contributed by atoms with Gasteiger partial charge < -0.3 is 10.6 Å². The number of halogens is 3. The average Bonchev–Trinajstić information content (AvgIpc) is 2.08. The van der Waals surface area contributed by atoms with Crippen molar-refractivity contribution in [1.82, 2.24) is 10.6 Å². The van der Waals surface area contributed by atoms with E-state index >= 15 is 0 Å². The number of alkyl halides is 3. The number of amides is 2. The molecule has 0 saturated carbocycles. The lowest BCUT2D eigenvalue weighted by molar-refractivity contribution is -0.122. The molecule has 0 atom stereocenters. The Kier molecular flexibility index (Phi) is 5.53. The molecule has 2 N–H and O–H groups in total. The number of nitrogens with one attached hydrogen (secondary N) is 2. The minimum atomic E-state index is -4.37. The van der Waals surface area contributed by atoms with Gasteiger partial charge in [0.05, 0.1) is 0 Å². The fraction of sp³-hybridized carbons (Fsp3) is 0.625. The van der Waals surface area contributed by atoms with E-state index in [2.05, 4.69) is 17.2 Å². The van der Waals surface area contributed by atoms with Crippen LogP contribution in [0.25, 0.3) is 0 Å². The predicted molar refractivity (Wildman–Crippen MR) is 45.5 cm³/mol. The van der Waals surface area contributed by atoms with E-state index in [1.54, 1.807) is 12.2 Å². The average molecular weight is 208 g/mol. The van der Waals surface area contributed by atoms with E-state index in [4.69, 9.17) is 0 Å². The molecule has 0 spiro atoms. The maximum Gasteiger partial charge on any atom is 0.405 e. The van der Waals surface area contributed by atoms with Gasteiger partial charge in [0.15, 0.2) is 0 Å². The molecule has 0 aliphatic heterocycles. The standard InChI is InChI=1S/C8H11F3N2O/c1-2-3-4-5-12-7(14)13-6-8(9,10)11/h4-6H2,1H3,(H2,12,13,14). The number of hydrogen-bond acceptors (Lipinski definition) is 1. The highest BCUT2D eigenvalue weighted by Crippen LogP contribution is 2.11. The molecule has 0 radical (unpaired) electrons. The Bertz CT molecular complexity index is 239. The van der Waals surface area contributed by atoms with Gasteiger partial charge in [-0.05, 0) is 6.92 Å². The van der Waals surface area contributed by atoms with Crippen LogP contribution in [-0.2, 0) is 0 Å². The largest absolute Gasteiger partial charge is 0.405 e. The van der Waals surface area contributed by atoms with Gasteiger partial charge >= 0.3 is 12.2 Å². The van der Waals surface area contributed by atoms with Crippen molar-refractivity contribution >= 4 is 6.03 Å². The summed E-state index contributed by atoms with van der Waals surface area (Å²) >= 11 is 0. The van der Waals surface area contributed by atoms with Gasteiger partial charge in [0.2, 0.25) is 0 Å². The molecule has 2 amide bonds. The zero-order chi connectivity index (χ0) is 11.0. The lowest BCUT2D eigenvalue weighted by atomic mass is 10.4. The van der Waals surface area contributed by atoms with Crippen molar-refractivity contribution in [2.24, 2.45) is 0 Å². The third kappa shape index (κ3) is 8.71. The van der Waals surface area contributed by atoms with Gasteiger partial charge in [0, 0.05) is 13.0 Å². The Morgan fingerprint density at radius 3 is 2.50 bits per heavy atom. The number of urea groups is 1. The number of rotatable bonds is 3. The van der Waals surface area contributed by atoms with Gasteiger partial charge in [-0.25, -0.2) is 4.79 Å². The smallest absolute Gasteiger partial charge is 0.337 e. The van der Waals surface area contributed by atoms with Crippen molar-refractivity contribution in [3.63, 3.8) is 0 Å². The summed E-state index contributed by atoms with van der Waals surface area (Å²) in [7, 11) is 0. The zero-order valence-corrected chi connectivity index (χ0v) is 7.66. The monoisotopic (exact) mass is 208 g/mol. The minimum absolute atomic E-state index is 0.241. The van der Waals surface area contributed by atoms with Crippen molar-refractivity contribution in [3.8, 4) is 11.8 Å². The van der Waals surface area contributed by atoms with Crippen LogP contribution in [0, 0.1) is 11.8 Å². The minimum Gasteiger partial charge on any atom is -0.337 e. The normalized spacial score (nSPS) is 10.0. The molecular weight excluding hydrogens is 197 g/mol. The Labute approximate surface area is 80.1 Å². The Morgan fingerprint density at radius 1 is 1.36 bits per heavy atom. The fourth-order valence-electron chi connectivity index (χ4n) is 0.607. The molecule has 14 heavy (non-hydrogen) atoms. The van der Waals surface area contributed by atoms with Crippen LogP contribution in [0.15, 0.2) is 0 Å². The highest BCUT2D eigenvalue weighted by atomic mass is 19.4. The number of carbonyl (C=O) groups is 1. The Hall–Kier alpha value is -1.38. The van der Waals surface area contributed by atoms with Gasteiger partial charge in [0.25, 0.3) is 0 Å². The van der Waals surface area contributed by atoms with Crippen LogP contribution in [-0.4, -0.2) is 25.3 Å². The summed E-state index contributed by atoms with van der Waals surface area (Å²) in [5.74, 6) is 5.26. The SMILES string of the molecule is CC#CCCNC(=O)NCC(F)(F)F. The highest BCUT2D eigenvalue weighted by molar-refractivity contribution is 5.73. The fourth-order valence-corrected chi connectivity index (χ4v) is 0.607. The summed E-state index contributed by atoms with van der Waals surface area (Å²) in [6, 6.07) is -0.833. The van der Waals surface area contributed by atoms with Crippen molar-refractivity contribution in [1.29, 1.82) is 0 Å². The summed E-state index contributed by atoms with van der Waals surface area (Å²) in [5, 5.41) is 3.91. The molecule has 0 bridgehead atoms. The molecule has 80 valence electrons. The molecule has 0 aliphatic rings. The number of carbonyl (C=O) groups excluding carboxylic acids is 1. The second kappa shape index (κ2) is 6.13. The van der Waals surface area contributed by atoms with E-state index in [1.807, 2.05) is 0 Å². The van der Waals surface area contributed by atoms with Crippen LogP contribution in [0.3, 0.4) is 0 Å². The summed E-state index contributed by atoms with van der Waals surface area (Å²) < 4.78 is 34.8. The lowest BCUT2D eigenvalue weighted by Gasteiger charge is -2.08. The van der Waals surface area contributed by atoms with E-state index in [0.29, 0.717) is 6.42 Å². The first-order valence-electron chi connectivity index (χ1n) is 3.94. The summed E-state index contributed by atoms with van der Waals surface area (Å²) in [6.45, 7) is 0.562. The predicted octanol–water partition coefficient (Wildman–Crippen LogP) is 1.26. The van der Waals surface area contributed by atoms with Crippen molar-refractivity contribution < 1.29 is 18.0 Å². The zero-order valence-electron chi connectivity index (χ0n) is 7.66. The van der Waals surface area contributed by atoms with Crippen LogP contribution in [0.1, 0.15) is 13.3 Å². The molecule has 0 unspecified atom stereocenters. The topological polar surface area (TPSA) is 41.1 Å². The molecule has 0 heterocycles. The summed E-state index contributed by atoms with van der Waals surface area (Å²) in [5.41, 5.74) is 0. The second-order valence-corrected chi connectivity index (χ2v) is 2.40. The maximum atomic E-state index is 11.6. The molecule has 0 rings (SSSR count). The lowest BCUT2D eigenvalue weighted by Crippen LogP contribution is -2.41. The van der Waals surface area contributed by atoms with Crippen molar-refractivity contribution in [2.75, 3.05) is 13.1 Å². The molecule has 0 fully saturated rings. The van der Waals surface area contributed by atoms with Gasteiger partial charge in [-0.15, -0.1) is 11.8 Å². The first kappa shape index (κ1) is 12.6. The summed E-state index contributed by atoms with van der Waals surface area (Å²) in [4.78, 5) is 10.7. The van der Waals surface area contributed by atoms with Crippen LogP contribution in [0.5, 0.6) is 0 Å². The molecule has 0 aromatic rings. The third-order valence-electron chi connectivity index (χ3n) is 1.16. The van der Waals surface area contributed by atoms with Gasteiger partial charge in [0.1, 0.15) is 6.54 Å². The maximum absolute atomic E-state index is 11.6. The van der Waals surface area contributed by atoms with Crippen LogP contribution >= 0.6 is 0 Å². The number of hydrogen-bond donors (Lipinski definition) is 2. The van der Waals surface area contributed by atoms with E-state index in [0.717, 1.165) is 0 Å². The molecule has 0 aromatic carbocycles. The van der Waals surface area contributed by atoms with Crippen LogP contribution in [0.2, 0.25) is 0 Å². The molecule has 0 aliphatic carbocycles.